The van der Waals surface area contributed by atoms with E-state index in [-0.39, 0.29) is 12.0 Å². The number of amides is 1. The van der Waals surface area contributed by atoms with E-state index < -0.39 is 0 Å². The van der Waals surface area contributed by atoms with Crippen molar-refractivity contribution in [3.05, 3.63) is 29.8 Å². The number of hydrogen-bond acceptors (Lipinski definition) is 3. The molecule has 1 N–H and O–H groups in total. The number of likely N-dealkylation sites (tertiary alicyclic amines) is 1. The van der Waals surface area contributed by atoms with Gasteiger partial charge in [-0.3, -0.25) is 9.69 Å². The van der Waals surface area contributed by atoms with Crippen molar-refractivity contribution in [1.82, 2.24) is 4.90 Å². The SMILES string of the molecule is O=C(CN1CCC(O)CC1)N1CCc2ccccc21. The first-order chi connectivity index (χ1) is 9.24. The molecule has 3 rings (SSSR count). The van der Waals surface area contributed by atoms with Gasteiger partial charge in [-0.1, -0.05) is 18.2 Å². The van der Waals surface area contributed by atoms with Crippen molar-refractivity contribution in [2.45, 2.75) is 25.4 Å². The van der Waals surface area contributed by atoms with Gasteiger partial charge in [0.25, 0.3) is 0 Å². The number of hydrogen-bond donors (Lipinski definition) is 1. The number of aliphatic hydroxyl groups excluding tert-OH is 1. The first-order valence-electron chi connectivity index (χ1n) is 7.03. The van der Waals surface area contributed by atoms with Crippen LogP contribution in [0.25, 0.3) is 0 Å². The molecule has 4 heteroatoms. The predicted molar refractivity (Wildman–Crippen MR) is 74.2 cm³/mol. The minimum Gasteiger partial charge on any atom is -0.393 e. The number of anilines is 1. The minimum atomic E-state index is -0.182. The summed E-state index contributed by atoms with van der Waals surface area (Å²) in [5.74, 6) is 0.182. The third-order valence-electron chi connectivity index (χ3n) is 4.10. The summed E-state index contributed by atoms with van der Waals surface area (Å²) in [5.41, 5.74) is 2.34. The molecule has 0 radical (unpaired) electrons. The predicted octanol–water partition coefficient (Wildman–Crippen LogP) is 1.03. The van der Waals surface area contributed by atoms with E-state index in [4.69, 9.17) is 0 Å². The van der Waals surface area contributed by atoms with Gasteiger partial charge < -0.3 is 10.0 Å². The highest BCUT2D eigenvalue weighted by molar-refractivity contribution is 5.96. The summed E-state index contributed by atoms with van der Waals surface area (Å²) in [4.78, 5) is 16.4. The van der Waals surface area contributed by atoms with E-state index in [0.717, 1.165) is 44.6 Å². The van der Waals surface area contributed by atoms with Crippen LogP contribution >= 0.6 is 0 Å². The highest BCUT2D eigenvalue weighted by Crippen LogP contribution is 2.27. The molecule has 2 heterocycles. The van der Waals surface area contributed by atoms with Crippen molar-refractivity contribution >= 4 is 11.6 Å². The molecular weight excluding hydrogens is 240 g/mol. The van der Waals surface area contributed by atoms with Crippen LogP contribution < -0.4 is 4.90 Å². The fourth-order valence-electron chi connectivity index (χ4n) is 2.95. The van der Waals surface area contributed by atoms with E-state index in [0.29, 0.717) is 6.54 Å². The Hall–Kier alpha value is -1.39. The molecule has 19 heavy (non-hydrogen) atoms. The second-order valence-electron chi connectivity index (χ2n) is 5.43. The number of benzene rings is 1. The van der Waals surface area contributed by atoms with Gasteiger partial charge in [-0.2, -0.15) is 0 Å². The number of carbonyl (C=O) groups excluding carboxylic acids is 1. The summed E-state index contributed by atoms with van der Waals surface area (Å²) in [7, 11) is 0. The molecular formula is C15H20N2O2. The summed E-state index contributed by atoms with van der Waals surface area (Å²) in [6, 6.07) is 8.14. The van der Waals surface area contributed by atoms with Crippen LogP contribution in [0.2, 0.25) is 0 Å². The van der Waals surface area contributed by atoms with Crippen LogP contribution in [-0.4, -0.2) is 48.2 Å². The van der Waals surface area contributed by atoms with E-state index in [1.54, 1.807) is 0 Å². The molecule has 0 aromatic heterocycles. The Labute approximate surface area is 113 Å². The molecule has 1 saturated heterocycles. The second kappa shape index (κ2) is 5.31. The normalized spacial score (nSPS) is 20.6. The zero-order valence-electron chi connectivity index (χ0n) is 11.1. The summed E-state index contributed by atoms with van der Waals surface area (Å²) < 4.78 is 0. The van der Waals surface area contributed by atoms with Crippen molar-refractivity contribution in [2.75, 3.05) is 31.1 Å². The monoisotopic (exact) mass is 260 g/mol. The maximum atomic E-state index is 12.4. The van der Waals surface area contributed by atoms with Crippen LogP contribution in [0, 0.1) is 0 Å². The molecule has 0 saturated carbocycles. The summed E-state index contributed by atoms with van der Waals surface area (Å²) in [5, 5.41) is 9.48. The molecule has 0 bridgehead atoms. The topological polar surface area (TPSA) is 43.8 Å². The van der Waals surface area contributed by atoms with Crippen molar-refractivity contribution in [2.24, 2.45) is 0 Å². The zero-order valence-corrected chi connectivity index (χ0v) is 11.1. The number of nitrogens with zero attached hydrogens (tertiary/aromatic N) is 2. The average molecular weight is 260 g/mol. The number of aliphatic hydroxyl groups is 1. The number of piperidine rings is 1. The highest BCUT2D eigenvalue weighted by Gasteiger charge is 2.26. The Balaban J connectivity index is 1.63. The molecule has 0 aliphatic carbocycles. The fraction of sp³-hybridized carbons (Fsp3) is 0.533. The average Bonchev–Trinajstić information content (AvgIpc) is 2.85. The van der Waals surface area contributed by atoms with Gasteiger partial charge in [0.05, 0.1) is 12.6 Å². The quantitative estimate of drug-likeness (QED) is 0.864. The lowest BCUT2D eigenvalue weighted by Gasteiger charge is -2.30. The number of fused-ring (bicyclic) bond motifs is 1. The maximum absolute atomic E-state index is 12.4. The zero-order chi connectivity index (χ0) is 13.2. The van der Waals surface area contributed by atoms with Gasteiger partial charge >= 0.3 is 0 Å². The third kappa shape index (κ3) is 2.65. The summed E-state index contributed by atoms with van der Waals surface area (Å²) in [6.45, 7) is 2.92. The minimum absolute atomic E-state index is 0.182. The van der Waals surface area contributed by atoms with Crippen LogP contribution in [-0.2, 0) is 11.2 Å². The standard InChI is InChI=1S/C15H20N2O2/c18-13-6-8-16(9-7-13)11-15(19)17-10-5-12-3-1-2-4-14(12)17/h1-4,13,18H,5-11H2. The fourth-order valence-corrected chi connectivity index (χ4v) is 2.95. The lowest BCUT2D eigenvalue weighted by atomic mass is 10.1. The van der Waals surface area contributed by atoms with Crippen molar-refractivity contribution in [3.8, 4) is 0 Å². The van der Waals surface area contributed by atoms with Crippen LogP contribution in [0.5, 0.6) is 0 Å². The van der Waals surface area contributed by atoms with Gasteiger partial charge in [-0.25, -0.2) is 0 Å². The first kappa shape index (κ1) is 12.6. The van der Waals surface area contributed by atoms with Gasteiger partial charge in [0.1, 0.15) is 0 Å². The Morgan fingerprint density at radius 3 is 2.74 bits per heavy atom. The van der Waals surface area contributed by atoms with Crippen LogP contribution in [0.15, 0.2) is 24.3 Å². The Bertz CT molecular complexity index is 467. The number of para-hydroxylation sites is 1. The van der Waals surface area contributed by atoms with Gasteiger partial charge in [0.2, 0.25) is 5.91 Å². The van der Waals surface area contributed by atoms with Gasteiger partial charge in [0, 0.05) is 25.3 Å². The molecule has 102 valence electrons. The van der Waals surface area contributed by atoms with Crippen LogP contribution in [0.1, 0.15) is 18.4 Å². The second-order valence-corrected chi connectivity index (χ2v) is 5.43. The first-order valence-corrected chi connectivity index (χ1v) is 7.03. The summed E-state index contributed by atoms with van der Waals surface area (Å²) in [6.07, 6.45) is 2.34. The molecule has 1 aromatic rings. The smallest absolute Gasteiger partial charge is 0.241 e. The molecule has 0 spiro atoms. The lowest BCUT2D eigenvalue weighted by Crippen LogP contribution is -2.43. The van der Waals surface area contributed by atoms with E-state index in [2.05, 4.69) is 11.0 Å². The highest BCUT2D eigenvalue weighted by atomic mass is 16.3. The number of carbonyl (C=O) groups is 1. The largest absolute Gasteiger partial charge is 0.393 e. The van der Waals surface area contributed by atoms with E-state index in [9.17, 15) is 9.90 Å². The molecule has 2 aliphatic rings. The Morgan fingerprint density at radius 1 is 1.21 bits per heavy atom. The van der Waals surface area contributed by atoms with Crippen LogP contribution in [0.4, 0.5) is 5.69 Å². The molecule has 1 fully saturated rings. The van der Waals surface area contributed by atoms with Gasteiger partial charge in [-0.15, -0.1) is 0 Å². The Morgan fingerprint density at radius 2 is 1.95 bits per heavy atom. The molecule has 0 atom stereocenters. The Kier molecular flexibility index (Phi) is 3.53. The summed E-state index contributed by atoms with van der Waals surface area (Å²) >= 11 is 0. The third-order valence-corrected chi connectivity index (χ3v) is 4.10. The molecule has 4 nitrogen and oxygen atoms in total. The van der Waals surface area contributed by atoms with E-state index in [1.807, 2.05) is 23.1 Å². The molecule has 1 aromatic carbocycles. The van der Waals surface area contributed by atoms with Crippen molar-refractivity contribution < 1.29 is 9.90 Å². The van der Waals surface area contributed by atoms with Gasteiger partial charge in [0.15, 0.2) is 0 Å². The van der Waals surface area contributed by atoms with Crippen molar-refractivity contribution in [3.63, 3.8) is 0 Å². The van der Waals surface area contributed by atoms with Gasteiger partial charge in [-0.05, 0) is 30.9 Å². The molecule has 2 aliphatic heterocycles. The molecule has 1 amide bonds. The van der Waals surface area contributed by atoms with Crippen molar-refractivity contribution in [1.29, 1.82) is 0 Å². The lowest BCUT2D eigenvalue weighted by molar-refractivity contribution is -0.120. The van der Waals surface area contributed by atoms with Crippen LogP contribution in [0.3, 0.4) is 0 Å². The van der Waals surface area contributed by atoms with E-state index >= 15 is 0 Å². The van der Waals surface area contributed by atoms with E-state index in [1.165, 1.54) is 5.56 Å². The number of rotatable bonds is 2. The maximum Gasteiger partial charge on any atom is 0.241 e. The molecule has 0 unspecified atom stereocenters.